The standard InChI is InChI=1S/C14H16N6O5S/c21-14(17-10-1-2-11-12(7-10)25-9-24-11)19-3-5-20(6-4-19)26(22,23)13-15-8-16-18-13/h1-2,7-8H,3-6,9H2,(H,17,21)(H,15,16,18). The van der Waals surface area contributed by atoms with Crippen LogP contribution in [0.3, 0.4) is 0 Å². The van der Waals surface area contributed by atoms with Crippen LogP contribution in [-0.2, 0) is 10.0 Å². The number of benzene rings is 1. The quantitative estimate of drug-likeness (QED) is 0.771. The van der Waals surface area contributed by atoms with E-state index in [4.69, 9.17) is 9.47 Å². The Kier molecular flexibility index (Phi) is 4.12. The predicted molar refractivity (Wildman–Crippen MR) is 88.3 cm³/mol. The molecule has 2 aromatic rings. The number of aromatic amines is 1. The number of H-pyrrole nitrogens is 1. The minimum Gasteiger partial charge on any atom is -0.454 e. The second kappa shape index (κ2) is 6.46. The summed E-state index contributed by atoms with van der Waals surface area (Å²) in [6.07, 6.45) is 1.14. The smallest absolute Gasteiger partial charge is 0.321 e. The van der Waals surface area contributed by atoms with Crippen LogP contribution in [0.25, 0.3) is 0 Å². The van der Waals surface area contributed by atoms with Crippen LogP contribution in [0.5, 0.6) is 11.5 Å². The van der Waals surface area contributed by atoms with Crippen LogP contribution >= 0.6 is 0 Å². The molecule has 12 heteroatoms. The minimum atomic E-state index is -3.72. The SMILES string of the molecule is O=C(Nc1ccc2c(c1)OCO2)N1CCN(S(=O)(=O)c2ncn[nH]2)CC1. The lowest BCUT2D eigenvalue weighted by Crippen LogP contribution is -2.51. The zero-order chi connectivity index (χ0) is 18.1. The van der Waals surface area contributed by atoms with Gasteiger partial charge in [-0.1, -0.05) is 0 Å². The number of nitrogens with one attached hydrogen (secondary N) is 2. The van der Waals surface area contributed by atoms with Gasteiger partial charge >= 0.3 is 6.03 Å². The molecule has 0 bridgehead atoms. The highest BCUT2D eigenvalue weighted by Crippen LogP contribution is 2.34. The number of carbonyl (C=O) groups is 1. The predicted octanol–water partition coefficient (Wildman–Crippen LogP) is 0.0718. The Labute approximate surface area is 149 Å². The van der Waals surface area contributed by atoms with Gasteiger partial charge in [0.2, 0.25) is 6.79 Å². The Bertz CT molecular complexity index is 908. The summed E-state index contributed by atoms with van der Waals surface area (Å²) in [5.74, 6) is 1.21. The molecule has 0 atom stereocenters. The molecule has 2 aliphatic heterocycles. The van der Waals surface area contributed by atoms with Crippen LogP contribution in [0.4, 0.5) is 10.5 Å². The van der Waals surface area contributed by atoms with E-state index in [2.05, 4.69) is 20.5 Å². The molecule has 0 unspecified atom stereocenters. The molecule has 0 saturated carbocycles. The number of aromatic nitrogens is 3. The highest BCUT2D eigenvalue weighted by molar-refractivity contribution is 7.88. The normalized spacial score (nSPS) is 17.3. The van der Waals surface area contributed by atoms with Gasteiger partial charge in [0.15, 0.2) is 11.5 Å². The maximum Gasteiger partial charge on any atom is 0.321 e. The summed E-state index contributed by atoms with van der Waals surface area (Å²) in [6, 6.07) is 4.82. The van der Waals surface area contributed by atoms with E-state index >= 15 is 0 Å². The van der Waals surface area contributed by atoms with Gasteiger partial charge in [-0.05, 0) is 12.1 Å². The molecule has 4 rings (SSSR count). The summed E-state index contributed by atoms with van der Waals surface area (Å²) in [5.41, 5.74) is 0.580. The van der Waals surface area contributed by atoms with Gasteiger partial charge in [-0.2, -0.15) is 9.40 Å². The number of carbonyl (C=O) groups excluding carboxylic acids is 1. The van der Waals surface area contributed by atoms with Gasteiger partial charge in [-0.3, -0.25) is 0 Å². The number of piperazine rings is 1. The average molecular weight is 380 g/mol. The fraction of sp³-hybridized carbons (Fsp3) is 0.357. The lowest BCUT2D eigenvalue weighted by Gasteiger charge is -2.33. The number of hydrogen-bond acceptors (Lipinski definition) is 7. The summed E-state index contributed by atoms with van der Waals surface area (Å²) in [4.78, 5) is 17.6. The molecule has 26 heavy (non-hydrogen) atoms. The number of anilines is 1. The second-order valence-corrected chi connectivity index (χ2v) is 7.53. The van der Waals surface area contributed by atoms with Crippen molar-refractivity contribution in [3.05, 3.63) is 24.5 Å². The van der Waals surface area contributed by atoms with Crippen LogP contribution in [-0.4, -0.2) is 71.8 Å². The molecule has 11 nitrogen and oxygen atoms in total. The minimum absolute atomic E-state index is 0.161. The van der Waals surface area contributed by atoms with Crippen LogP contribution in [0, 0.1) is 0 Å². The Morgan fingerprint density at radius 2 is 1.92 bits per heavy atom. The van der Waals surface area contributed by atoms with Crippen molar-refractivity contribution in [2.75, 3.05) is 38.3 Å². The number of fused-ring (bicyclic) bond motifs is 1. The van der Waals surface area contributed by atoms with Crippen molar-refractivity contribution in [1.29, 1.82) is 0 Å². The Hall–Kier alpha value is -2.86. The molecule has 1 aromatic heterocycles. The number of amides is 2. The Morgan fingerprint density at radius 3 is 2.65 bits per heavy atom. The highest BCUT2D eigenvalue weighted by Gasteiger charge is 2.32. The number of sulfonamides is 1. The fourth-order valence-corrected chi connectivity index (χ4v) is 3.99. The lowest BCUT2D eigenvalue weighted by molar-refractivity contribution is 0.174. The molecule has 0 aliphatic carbocycles. The summed E-state index contributed by atoms with van der Waals surface area (Å²) in [7, 11) is -3.72. The number of hydrogen-bond donors (Lipinski definition) is 2. The third-order valence-electron chi connectivity index (χ3n) is 4.13. The first-order chi connectivity index (χ1) is 12.5. The topological polar surface area (TPSA) is 130 Å². The average Bonchev–Trinajstić information content (AvgIpc) is 3.33. The summed E-state index contributed by atoms with van der Waals surface area (Å²) in [5, 5.41) is 8.50. The maximum absolute atomic E-state index is 12.4. The Morgan fingerprint density at radius 1 is 1.15 bits per heavy atom. The van der Waals surface area contributed by atoms with Crippen molar-refractivity contribution in [2.24, 2.45) is 0 Å². The summed E-state index contributed by atoms with van der Waals surface area (Å²) >= 11 is 0. The van der Waals surface area contributed by atoms with E-state index < -0.39 is 10.0 Å². The van der Waals surface area contributed by atoms with Gasteiger partial charge < -0.3 is 19.7 Å². The van der Waals surface area contributed by atoms with E-state index in [0.29, 0.717) is 17.2 Å². The fourth-order valence-electron chi connectivity index (χ4n) is 2.75. The molecular formula is C14H16N6O5S. The monoisotopic (exact) mass is 380 g/mol. The van der Waals surface area contributed by atoms with E-state index in [9.17, 15) is 13.2 Å². The number of nitrogens with zero attached hydrogens (tertiary/aromatic N) is 4. The van der Waals surface area contributed by atoms with Crippen molar-refractivity contribution < 1.29 is 22.7 Å². The summed E-state index contributed by atoms with van der Waals surface area (Å²) < 4.78 is 36.5. The molecule has 0 spiro atoms. The first-order valence-electron chi connectivity index (χ1n) is 7.85. The van der Waals surface area contributed by atoms with Crippen LogP contribution in [0.15, 0.2) is 29.7 Å². The van der Waals surface area contributed by atoms with Crippen LogP contribution in [0.2, 0.25) is 0 Å². The molecule has 1 aromatic carbocycles. The van der Waals surface area contributed by atoms with Crippen LogP contribution < -0.4 is 14.8 Å². The van der Waals surface area contributed by atoms with Gasteiger partial charge in [0.1, 0.15) is 6.33 Å². The molecule has 2 amide bonds. The van der Waals surface area contributed by atoms with Gasteiger partial charge in [-0.15, -0.1) is 0 Å². The van der Waals surface area contributed by atoms with Crippen LogP contribution in [0.1, 0.15) is 0 Å². The molecule has 2 aliphatic rings. The molecule has 3 heterocycles. The van der Waals surface area contributed by atoms with Gasteiger partial charge in [-0.25, -0.2) is 23.3 Å². The van der Waals surface area contributed by atoms with Gasteiger partial charge in [0, 0.05) is 37.9 Å². The molecule has 2 N–H and O–H groups in total. The van der Waals surface area contributed by atoms with Crippen molar-refractivity contribution in [2.45, 2.75) is 5.16 Å². The third-order valence-corrected chi connectivity index (χ3v) is 5.86. The zero-order valence-electron chi connectivity index (χ0n) is 13.6. The van der Waals surface area contributed by atoms with Crippen molar-refractivity contribution >= 4 is 21.7 Å². The van der Waals surface area contributed by atoms with E-state index in [0.717, 1.165) is 6.33 Å². The molecule has 1 saturated heterocycles. The van der Waals surface area contributed by atoms with Gasteiger partial charge in [0.05, 0.1) is 0 Å². The van der Waals surface area contributed by atoms with E-state index in [1.165, 1.54) is 4.31 Å². The maximum atomic E-state index is 12.4. The second-order valence-electron chi connectivity index (χ2n) is 5.68. The first-order valence-corrected chi connectivity index (χ1v) is 9.29. The third kappa shape index (κ3) is 3.04. The van der Waals surface area contributed by atoms with Crippen molar-refractivity contribution in [3.8, 4) is 11.5 Å². The number of ether oxygens (including phenoxy) is 2. The first kappa shape index (κ1) is 16.6. The molecule has 1 fully saturated rings. The number of rotatable bonds is 3. The zero-order valence-corrected chi connectivity index (χ0v) is 14.4. The Balaban J connectivity index is 1.36. The number of urea groups is 1. The van der Waals surface area contributed by atoms with Crippen molar-refractivity contribution in [3.63, 3.8) is 0 Å². The van der Waals surface area contributed by atoms with E-state index in [1.807, 2.05) is 0 Å². The molecule has 138 valence electrons. The molecule has 0 radical (unpaired) electrons. The van der Waals surface area contributed by atoms with E-state index in [-0.39, 0.29) is 44.2 Å². The largest absolute Gasteiger partial charge is 0.454 e. The molecular weight excluding hydrogens is 364 g/mol. The highest BCUT2D eigenvalue weighted by atomic mass is 32.2. The van der Waals surface area contributed by atoms with Gasteiger partial charge in [0.25, 0.3) is 15.2 Å². The van der Waals surface area contributed by atoms with E-state index in [1.54, 1.807) is 23.1 Å². The lowest BCUT2D eigenvalue weighted by atomic mass is 10.3. The van der Waals surface area contributed by atoms with Crippen molar-refractivity contribution in [1.82, 2.24) is 24.4 Å². The summed E-state index contributed by atoms with van der Waals surface area (Å²) in [6.45, 7) is 1.05.